The number of hydrogen-bond acceptors (Lipinski definition) is 5. The molecule has 0 bridgehead atoms. The monoisotopic (exact) mass is 412 g/mol. The van der Waals surface area contributed by atoms with Crippen LogP contribution in [0.4, 0.5) is 0 Å². The Labute approximate surface area is 170 Å². The van der Waals surface area contributed by atoms with Crippen LogP contribution in [0.3, 0.4) is 0 Å². The van der Waals surface area contributed by atoms with E-state index in [0.717, 1.165) is 11.1 Å². The maximum atomic E-state index is 10.4. The molecule has 0 aromatic heterocycles. The van der Waals surface area contributed by atoms with Gasteiger partial charge in [-0.2, -0.15) is 0 Å². The molecule has 0 saturated heterocycles. The fourth-order valence-electron chi connectivity index (χ4n) is 2.64. The predicted molar refractivity (Wildman–Crippen MR) is 107 cm³/mol. The van der Waals surface area contributed by atoms with Crippen molar-refractivity contribution in [3.63, 3.8) is 0 Å². The molecule has 0 radical (unpaired) electrons. The van der Waals surface area contributed by atoms with Gasteiger partial charge in [0.05, 0.1) is 12.8 Å². The maximum absolute atomic E-state index is 10.4. The molecule has 164 valence electrons. The number of carboxylic acids is 3. The molecule has 29 heavy (non-hydrogen) atoms. The number of aromatic hydroxyl groups is 1. The summed E-state index contributed by atoms with van der Waals surface area (Å²) < 4.78 is 0. The van der Waals surface area contributed by atoms with E-state index in [4.69, 9.17) is 20.4 Å². The molecule has 0 unspecified atom stereocenters. The first-order valence-corrected chi connectivity index (χ1v) is 9.05. The van der Waals surface area contributed by atoms with Crippen LogP contribution in [0.2, 0.25) is 0 Å². The van der Waals surface area contributed by atoms with Gasteiger partial charge in [-0.15, -0.1) is 0 Å². The lowest BCUT2D eigenvalue weighted by Crippen LogP contribution is -2.42. The molecule has 0 saturated carbocycles. The van der Waals surface area contributed by atoms with Crippen LogP contribution in [0.1, 0.15) is 71.1 Å². The van der Waals surface area contributed by atoms with E-state index in [1.807, 2.05) is 0 Å². The normalized spacial score (nSPS) is 12.0. The first-order chi connectivity index (χ1) is 12.8. The van der Waals surface area contributed by atoms with Crippen LogP contribution in [0.5, 0.6) is 5.75 Å². The summed E-state index contributed by atoms with van der Waals surface area (Å²) in [6.45, 7) is 14.9. The quantitative estimate of drug-likeness (QED) is 0.495. The van der Waals surface area contributed by atoms with Crippen molar-refractivity contribution in [2.45, 2.75) is 77.7 Å². The smallest absolute Gasteiger partial charge is 0.336 e. The van der Waals surface area contributed by atoms with Gasteiger partial charge in [0.25, 0.3) is 0 Å². The Bertz CT molecular complexity index is 715. The van der Waals surface area contributed by atoms with Gasteiger partial charge in [-0.3, -0.25) is 9.59 Å². The number of aliphatic carboxylic acids is 3. The highest BCUT2D eigenvalue weighted by Gasteiger charge is 2.40. The highest BCUT2D eigenvalue weighted by Crippen LogP contribution is 2.39. The third kappa shape index (κ3) is 8.11. The van der Waals surface area contributed by atoms with Crippen LogP contribution in [-0.4, -0.2) is 49.0 Å². The summed E-state index contributed by atoms with van der Waals surface area (Å²) in [6.07, 6.45) is -2.29. The molecule has 0 spiro atoms. The molecule has 0 amide bonds. The summed E-state index contributed by atoms with van der Waals surface area (Å²) in [7, 11) is 0. The van der Waals surface area contributed by atoms with Crippen molar-refractivity contribution in [1.29, 1.82) is 0 Å². The van der Waals surface area contributed by atoms with Gasteiger partial charge in [-0.1, -0.05) is 59.2 Å². The van der Waals surface area contributed by atoms with Gasteiger partial charge in [-0.25, -0.2) is 4.79 Å². The molecule has 1 aromatic rings. The van der Waals surface area contributed by atoms with E-state index in [2.05, 4.69) is 60.6 Å². The minimum Gasteiger partial charge on any atom is -0.507 e. The fourth-order valence-corrected chi connectivity index (χ4v) is 2.64. The molecule has 0 aliphatic heterocycles. The molecule has 8 nitrogen and oxygen atoms in total. The number of phenols is 1. The Morgan fingerprint density at radius 2 is 1.10 bits per heavy atom. The minimum absolute atomic E-state index is 0.0178. The number of phenolic OH excluding ortho intramolecular Hbond substituents is 1. The maximum Gasteiger partial charge on any atom is 0.336 e. The second-order valence-electron chi connectivity index (χ2n) is 9.19. The van der Waals surface area contributed by atoms with E-state index >= 15 is 0 Å². The van der Waals surface area contributed by atoms with Crippen molar-refractivity contribution in [3.8, 4) is 5.75 Å². The number of hydrogen-bond donors (Lipinski definition) is 5. The molecule has 5 N–H and O–H groups in total. The van der Waals surface area contributed by atoms with Crippen LogP contribution < -0.4 is 0 Å². The van der Waals surface area contributed by atoms with Gasteiger partial charge in [0.2, 0.25) is 0 Å². The summed E-state index contributed by atoms with van der Waals surface area (Å²) in [5, 5.41) is 44.2. The average Bonchev–Trinajstić information content (AvgIpc) is 2.45. The van der Waals surface area contributed by atoms with E-state index in [-0.39, 0.29) is 10.8 Å². The van der Waals surface area contributed by atoms with Crippen LogP contribution in [-0.2, 0) is 25.2 Å². The molecule has 1 aromatic carbocycles. The number of aryl methyl sites for hydroxylation is 1. The third-order valence-corrected chi connectivity index (χ3v) is 4.16. The standard InChI is InChI=1S/C15H24O.C6H8O7/c1-10-8-11(14(2,3)4)13(16)12(9-10)15(5,6)7;7-3(8)1-6(13,5(11)12)2-4(9)10/h8-9,16H,1-7H3;13H,1-2H2,(H,7,8)(H,9,10)(H,11,12). The zero-order valence-electron chi connectivity index (χ0n) is 18.0. The molecular weight excluding hydrogens is 380 g/mol. The summed E-state index contributed by atoms with van der Waals surface area (Å²) >= 11 is 0. The van der Waals surface area contributed by atoms with Crippen molar-refractivity contribution < 1.29 is 39.9 Å². The lowest BCUT2D eigenvalue weighted by atomic mass is 9.78. The number of carbonyl (C=O) groups is 3. The molecule has 8 heteroatoms. The number of aliphatic hydroxyl groups is 1. The zero-order valence-corrected chi connectivity index (χ0v) is 18.0. The Morgan fingerprint density at radius 3 is 1.31 bits per heavy atom. The molecule has 0 heterocycles. The molecule has 0 aliphatic rings. The van der Waals surface area contributed by atoms with E-state index in [9.17, 15) is 19.5 Å². The fraction of sp³-hybridized carbons (Fsp3) is 0.571. The minimum atomic E-state index is -2.74. The van der Waals surface area contributed by atoms with E-state index in [1.165, 1.54) is 5.56 Å². The molecule has 0 atom stereocenters. The first-order valence-electron chi connectivity index (χ1n) is 9.05. The van der Waals surface area contributed by atoms with Gasteiger partial charge in [-0.05, 0) is 28.9 Å². The SMILES string of the molecule is Cc1cc(C(C)(C)C)c(O)c(C(C)(C)C)c1.O=C(O)CC(O)(CC(=O)O)C(=O)O. The lowest BCUT2D eigenvalue weighted by molar-refractivity contribution is -0.170. The molecular formula is C21H32O8. The van der Waals surface area contributed by atoms with E-state index < -0.39 is 36.4 Å². The summed E-state index contributed by atoms with van der Waals surface area (Å²) in [5.41, 5.74) is 0.520. The number of benzene rings is 1. The Balaban J connectivity index is 0.000000555. The Kier molecular flexibility index (Phi) is 8.43. The van der Waals surface area contributed by atoms with E-state index in [1.54, 1.807) is 0 Å². The lowest BCUT2D eigenvalue weighted by Gasteiger charge is -2.27. The Morgan fingerprint density at radius 1 is 0.793 bits per heavy atom. The number of carboxylic acid groups (broad SMARTS) is 3. The summed E-state index contributed by atoms with van der Waals surface area (Å²) in [4.78, 5) is 30.5. The van der Waals surface area contributed by atoms with Crippen molar-refractivity contribution in [3.05, 3.63) is 28.8 Å². The van der Waals surface area contributed by atoms with Gasteiger partial charge < -0.3 is 25.5 Å². The molecule has 0 aliphatic carbocycles. The van der Waals surface area contributed by atoms with Crippen LogP contribution >= 0.6 is 0 Å². The highest BCUT2D eigenvalue weighted by molar-refractivity contribution is 5.88. The van der Waals surface area contributed by atoms with Crippen LogP contribution in [0, 0.1) is 6.92 Å². The largest absolute Gasteiger partial charge is 0.507 e. The van der Waals surface area contributed by atoms with Crippen LogP contribution in [0.15, 0.2) is 12.1 Å². The van der Waals surface area contributed by atoms with Gasteiger partial charge in [0.15, 0.2) is 5.60 Å². The second kappa shape index (κ2) is 9.26. The molecule has 1 rings (SSSR count). The Hall–Kier alpha value is -2.61. The molecule has 0 fully saturated rings. The van der Waals surface area contributed by atoms with E-state index in [0.29, 0.717) is 5.75 Å². The summed E-state index contributed by atoms with van der Waals surface area (Å²) in [6, 6.07) is 4.18. The zero-order chi connectivity index (χ0) is 23.4. The first kappa shape index (κ1) is 26.4. The van der Waals surface area contributed by atoms with Crippen molar-refractivity contribution in [1.82, 2.24) is 0 Å². The van der Waals surface area contributed by atoms with Crippen molar-refractivity contribution in [2.75, 3.05) is 0 Å². The topological polar surface area (TPSA) is 152 Å². The third-order valence-electron chi connectivity index (χ3n) is 4.16. The average molecular weight is 412 g/mol. The van der Waals surface area contributed by atoms with Gasteiger partial charge >= 0.3 is 17.9 Å². The number of rotatable bonds is 5. The van der Waals surface area contributed by atoms with Gasteiger partial charge in [0.1, 0.15) is 5.75 Å². The second-order valence-corrected chi connectivity index (χ2v) is 9.19. The van der Waals surface area contributed by atoms with Crippen LogP contribution in [0.25, 0.3) is 0 Å². The van der Waals surface area contributed by atoms with Crippen molar-refractivity contribution in [2.24, 2.45) is 0 Å². The van der Waals surface area contributed by atoms with Gasteiger partial charge in [0, 0.05) is 0 Å². The highest BCUT2D eigenvalue weighted by atomic mass is 16.4. The predicted octanol–water partition coefficient (Wildman–Crippen LogP) is 3.05. The summed E-state index contributed by atoms with van der Waals surface area (Å²) in [5.74, 6) is -4.56. The van der Waals surface area contributed by atoms with Crippen molar-refractivity contribution >= 4 is 17.9 Å².